The summed E-state index contributed by atoms with van der Waals surface area (Å²) in [5.41, 5.74) is -1.35. The van der Waals surface area contributed by atoms with Crippen LogP contribution in [0.4, 0.5) is 13.2 Å². The lowest BCUT2D eigenvalue weighted by molar-refractivity contribution is -0.139. The Morgan fingerprint density at radius 1 is 1.26 bits per heavy atom. The number of alkyl halides is 3. The molecule has 0 amide bonds. The van der Waals surface area contributed by atoms with Gasteiger partial charge in [-0.3, -0.25) is 0 Å². The molecule has 106 valence electrons. The van der Waals surface area contributed by atoms with E-state index < -0.39 is 23.3 Å². The highest BCUT2D eigenvalue weighted by Gasteiger charge is 2.43. The zero-order chi connectivity index (χ0) is 14.1. The molecule has 2 unspecified atom stereocenters. The second-order valence-electron chi connectivity index (χ2n) is 5.34. The number of aliphatic hydroxyl groups is 1. The smallest absolute Gasteiger partial charge is 0.389 e. The van der Waals surface area contributed by atoms with Crippen molar-refractivity contribution in [2.45, 2.75) is 56.7 Å². The van der Waals surface area contributed by atoms with Gasteiger partial charge in [0.15, 0.2) is 0 Å². The molecule has 0 aliphatic heterocycles. The van der Waals surface area contributed by atoms with Crippen LogP contribution in [0.15, 0.2) is 24.3 Å². The summed E-state index contributed by atoms with van der Waals surface area (Å²) in [6, 6.07) is 5.65. The Kier molecular flexibility index (Phi) is 3.90. The first-order valence-electron chi connectivity index (χ1n) is 6.77. The minimum Gasteiger partial charge on any atom is -0.389 e. The fraction of sp³-hybridized carbons (Fsp3) is 0.600. The third kappa shape index (κ3) is 2.78. The topological polar surface area (TPSA) is 20.2 Å². The van der Waals surface area contributed by atoms with Crippen molar-refractivity contribution in [1.82, 2.24) is 0 Å². The van der Waals surface area contributed by atoms with Gasteiger partial charge in [-0.05, 0) is 30.9 Å². The van der Waals surface area contributed by atoms with E-state index in [0.29, 0.717) is 19.3 Å². The van der Waals surface area contributed by atoms with Crippen molar-refractivity contribution in [3.63, 3.8) is 0 Å². The van der Waals surface area contributed by atoms with Crippen molar-refractivity contribution in [1.29, 1.82) is 0 Å². The Morgan fingerprint density at radius 2 is 1.95 bits per heavy atom. The van der Waals surface area contributed by atoms with Crippen LogP contribution >= 0.6 is 0 Å². The van der Waals surface area contributed by atoms with Crippen molar-refractivity contribution < 1.29 is 18.3 Å². The Bertz CT molecular complexity index is 441. The fourth-order valence-corrected chi connectivity index (χ4v) is 3.15. The number of halogens is 3. The van der Waals surface area contributed by atoms with Gasteiger partial charge in [-0.25, -0.2) is 0 Å². The molecule has 4 heteroatoms. The van der Waals surface area contributed by atoms with Gasteiger partial charge in [-0.2, -0.15) is 13.2 Å². The molecule has 0 bridgehead atoms. The van der Waals surface area contributed by atoms with E-state index in [-0.39, 0.29) is 5.56 Å². The van der Waals surface area contributed by atoms with Crippen LogP contribution in [0.25, 0.3) is 0 Å². The van der Waals surface area contributed by atoms with Crippen LogP contribution in [0.5, 0.6) is 0 Å². The lowest BCUT2D eigenvalue weighted by Crippen LogP contribution is -2.39. The first-order chi connectivity index (χ1) is 8.88. The van der Waals surface area contributed by atoms with Crippen molar-refractivity contribution in [2.75, 3.05) is 0 Å². The average molecular weight is 272 g/mol. The Labute approximate surface area is 111 Å². The summed E-state index contributed by atoms with van der Waals surface area (Å²) < 4.78 is 39.2. The molecule has 19 heavy (non-hydrogen) atoms. The molecule has 1 aliphatic carbocycles. The lowest BCUT2D eigenvalue weighted by Gasteiger charge is -2.40. The molecule has 0 aromatic heterocycles. The molecule has 2 rings (SSSR count). The molecular weight excluding hydrogens is 253 g/mol. The molecule has 1 aromatic rings. The van der Waals surface area contributed by atoms with E-state index >= 15 is 0 Å². The van der Waals surface area contributed by atoms with E-state index in [0.717, 1.165) is 18.9 Å². The summed E-state index contributed by atoms with van der Waals surface area (Å²) >= 11 is 0. The van der Waals surface area contributed by atoms with E-state index in [2.05, 4.69) is 0 Å². The van der Waals surface area contributed by atoms with Crippen molar-refractivity contribution in [3.8, 4) is 0 Å². The molecule has 0 radical (unpaired) electrons. The zero-order valence-electron chi connectivity index (χ0n) is 11.0. The normalized spacial score (nSPS) is 28.4. The summed E-state index contributed by atoms with van der Waals surface area (Å²) in [4.78, 5) is 0. The SMILES string of the molecule is CCC1(O)CCCCC1c1ccccc1C(F)(F)F. The van der Waals surface area contributed by atoms with Crippen LogP contribution in [0.2, 0.25) is 0 Å². The minimum absolute atomic E-state index is 0.249. The molecule has 2 atom stereocenters. The molecule has 1 N–H and O–H groups in total. The lowest BCUT2D eigenvalue weighted by atomic mass is 9.69. The maximum Gasteiger partial charge on any atom is 0.416 e. The summed E-state index contributed by atoms with van der Waals surface area (Å²) in [6.45, 7) is 1.84. The van der Waals surface area contributed by atoms with Crippen LogP contribution in [-0.4, -0.2) is 10.7 Å². The maximum atomic E-state index is 13.1. The molecule has 0 heterocycles. The number of hydrogen-bond donors (Lipinski definition) is 1. The largest absolute Gasteiger partial charge is 0.416 e. The molecule has 1 aromatic carbocycles. The standard InChI is InChI=1S/C15H19F3O/c1-2-14(19)10-6-5-8-12(14)11-7-3-4-9-13(11)15(16,17)18/h3-4,7,9,12,19H,2,5-6,8,10H2,1H3. The highest BCUT2D eigenvalue weighted by atomic mass is 19.4. The van der Waals surface area contributed by atoms with Gasteiger partial charge in [0, 0.05) is 5.92 Å². The second kappa shape index (κ2) is 5.16. The van der Waals surface area contributed by atoms with Gasteiger partial charge in [-0.1, -0.05) is 38.0 Å². The summed E-state index contributed by atoms with van der Waals surface area (Å²) in [6.07, 6.45) is -0.904. The van der Waals surface area contributed by atoms with Crippen LogP contribution < -0.4 is 0 Å². The Balaban J connectivity index is 2.46. The molecule has 1 fully saturated rings. The van der Waals surface area contributed by atoms with E-state index in [1.807, 2.05) is 6.92 Å². The van der Waals surface area contributed by atoms with Gasteiger partial charge in [0.25, 0.3) is 0 Å². The van der Waals surface area contributed by atoms with Crippen LogP contribution in [-0.2, 0) is 6.18 Å². The monoisotopic (exact) mass is 272 g/mol. The minimum atomic E-state index is -4.36. The molecule has 1 saturated carbocycles. The van der Waals surface area contributed by atoms with Crippen LogP contribution in [0.3, 0.4) is 0 Å². The quantitative estimate of drug-likeness (QED) is 0.840. The zero-order valence-corrected chi connectivity index (χ0v) is 11.0. The summed E-state index contributed by atoms with van der Waals surface area (Å²) in [5.74, 6) is -0.413. The molecule has 0 saturated heterocycles. The van der Waals surface area contributed by atoms with Crippen molar-refractivity contribution in [3.05, 3.63) is 35.4 Å². The van der Waals surface area contributed by atoms with Crippen LogP contribution in [0.1, 0.15) is 56.1 Å². The molecule has 0 spiro atoms. The highest BCUT2D eigenvalue weighted by molar-refractivity contribution is 5.35. The Hall–Kier alpha value is -1.03. The highest BCUT2D eigenvalue weighted by Crippen LogP contribution is 2.46. The number of rotatable bonds is 2. The van der Waals surface area contributed by atoms with E-state index in [1.54, 1.807) is 6.07 Å². The fourth-order valence-electron chi connectivity index (χ4n) is 3.15. The average Bonchev–Trinajstić information content (AvgIpc) is 2.38. The first kappa shape index (κ1) is 14.4. The summed E-state index contributed by atoms with van der Waals surface area (Å²) in [7, 11) is 0. The third-order valence-corrected chi connectivity index (χ3v) is 4.25. The Morgan fingerprint density at radius 3 is 2.58 bits per heavy atom. The molecule has 1 aliphatic rings. The first-order valence-corrected chi connectivity index (χ1v) is 6.77. The van der Waals surface area contributed by atoms with Gasteiger partial charge in [0.05, 0.1) is 11.2 Å². The second-order valence-corrected chi connectivity index (χ2v) is 5.34. The number of hydrogen-bond acceptors (Lipinski definition) is 1. The van der Waals surface area contributed by atoms with Gasteiger partial charge in [0.1, 0.15) is 0 Å². The summed E-state index contributed by atoms with van der Waals surface area (Å²) in [5, 5.41) is 10.6. The third-order valence-electron chi connectivity index (χ3n) is 4.25. The predicted molar refractivity (Wildman–Crippen MR) is 67.9 cm³/mol. The molecular formula is C15H19F3O. The van der Waals surface area contributed by atoms with E-state index in [1.165, 1.54) is 12.1 Å². The van der Waals surface area contributed by atoms with Gasteiger partial charge < -0.3 is 5.11 Å². The van der Waals surface area contributed by atoms with Crippen LogP contribution in [0, 0.1) is 0 Å². The predicted octanol–water partition coefficient (Wildman–Crippen LogP) is 4.50. The van der Waals surface area contributed by atoms with Crippen molar-refractivity contribution >= 4 is 0 Å². The van der Waals surface area contributed by atoms with E-state index in [9.17, 15) is 18.3 Å². The van der Waals surface area contributed by atoms with Crippen molar-refractivity contribution in [2.24, 2.45) is 0 Å². The maximum absolute atomic E-state index is 13.1. The molecule has 1 nitrogen and oxygen atoms in total. The van der Waals surface area contributed by atoms with Gasteiger partial charge >= 0.3 is 6.18 Å². The number of benzene rings is 1. The van der Waals surface area contributed by atoms with E-state index in [4.69, 9.17) is 0 Å². The van der Waals surface area contributed by atoms with Gasteiger partial charge in [0.2, 0.25) is 0 Å². The van der Waals surface area contributed by atoms with Gasteiger partial charge in [-0.15, -0.1) is 0 Å².